The molecule has 0 unspecified atom stereocenters. The van der Waals surface area contributed by atoms with Gasteiger partial charge in [0.2, 0.25) is 0 Å². The van der Waals surface area contributed by atoms with Crippen molar-refractivity contribution >= 4 is 10.4 Å². The fourth-order valence-electron chi connectivity index (χ4n) is 9.45. The van der Waals surface area contributed by atoms with E-state index < -0.39 is 27.7 Å². The Kier molecular flexibility index (Phi) is 6.44. The molecule has 2 bridgehead atoms. The second kappa shape index (κ2) is 8.64. The molecule has 0 aromatic rings. The standard InChI is InChI=1S/C29H46O6S/c1-18(2)21(5)19(3)16-20(4)23-8-9-24-26(23,6)12-11-25-27(7)13-10-22(33-36(30,31)32)17-28(27)14-15-29(24,25)35-34-28/h14-16,18,20-25H,8-13,17H2,1-7H3,(H,30,31,32)/b19-16+/t20-,21-,22+,23-,24+,25-,26-,27-,28-,29+/m1/s1. The minimum Gasteiger partial charge on any atom is -0.264 e. The van der Waals surface area contributed by atoms with Gasteiger partial charge in [0.15, 0.2) is 0 Å². The van der Waals surface area contributed by atoms with Gasteiger partial charge in [0.1, 0.15) is 11.2 Å². The van der Waals surface area contributed by atoms with Gasteiger partial charge in [0.25, 0.3) is 0 Å². The number of allylic oxidation sites excluding steroid dienone is 2. The van der Waals surface area contributed by atoms with Gasteiger partial charge in [-0.3, -0.25) is 4.55 Å². The normalized spacial score (nSPS) is 47.9. The molecular weight excluding hydrogens is 476 g/mol. The average molecular weight is 523 g/mol. The Balaban J connectivity index is 1.43. The van der Waals surface area contributed by atoms with E-state index in [0.717, 1.165) is 19.3 Å². The van der Waals surface area contributed by atoms with Gasteiger partial charge in [-0.25, -0.2) is 14.0 Å². The smallest absolute Gasteiger partial charge is 0.264 e. The van der Waals surface area contributed by atoms with Crippen LogP contribution in [0.1, 0.15) is 93.4 Å². The molecule has 36 heavy (non-hydrogen) atoms. The largest absolute Gasteiger partial charge is 0.397 e. The summed E-state index contributed by atoms with van der Waals surface area (Å²) in [6.45, 7) is 16.5. The first-order valence-electron chi connectivity index (χ1n) is 14.1. The lowest BCUT2D eigenvalue weighted by molar-refractivity contribution is -0.497. The topological polar surface area (TPSA) is 82.1 Å². The summed E-state index contributed by atoms with van der Waals surface area (Å²) in [7, 11) is -4.51. The molecule has 4 fully saturated rings. The SMILES string of the molecule is C/C(=C\[C@@H](C)[C@H]1CC[C@H]2[C@]1(C)CC[C@H]1[C@]23C=C[C@]2(C[C@@H](OS(=O)(=O)O)CC[C@]12C)OO3)[C@H](C)C(C)C. The van der Waals surface area contributed by atoms with Crippen LogP contribution in [0.2, 0.25) is 0 Å². The van der Waals surface area contributed by atoms with Gasteiger partial charge in [-0.1, -0.05) is 59.3 Å². The molecule has 1 N–H and O–H groups in total. The summed E-state index contributed by atoms with van der Waals surface area (Å²) in [4.78, 5) is 12.8. The Bertz CT molecular complexity index is 1050. The molecule has 7 heteroatoms. The molecule has 2 heterocycles. The molecule has 0 aromatic carbocycles. The Morgan fingerprint density at radius 3 is 2.36 bits per heavy atom. The third-order valence-electron chi connectivity index (χ3n) is 11.8. The van der Waals surface area contributed by atoms with Crippen LogP contribution in [-0.2, 0) is 24.4 Å². The second-order valence-corrected chi connectivity index (χ2v) is 14.7. The average Bonchev–Trinajstić information content (AvgIpc) is 3.15. The van der Waals surface area contributed by atoms with E-state index in [1.165, 1.54) is 18.4 Å². The summed E-state index contributed by atoms with van der Waals surface area (Å²) in [6.07, 6.45) is 12.7. The predicted molar refractivity (Wildman–Crippen MR) is 139 cm³/mol. The summed E-state index contributed by atoms with van der Waals surface area (Å²) in [5, 5.41) is 0. The van der Waals surface area contributed by atoms with E-state index >= 15 is 0 Å². The zero-order valence-electron chi connectivity index (χ0n) is 23.1. The van der Waals surface area contributed by atoms with Crippen molar-refractivity contribution < 1.29 is 26.9 Å². The monoisotopic (exact) mass is 522 g/mol. The molecule has 1 saturated heterocycles. The Labute approximate surface area is 218 Å². The minimum atomic E-state index is -4.51. The lowest BCUT2D eigenvalue weighted by Crippen LogP contribution is -2.73. The zero-order valence-corrected chi connectivity index (χ0v) is 23.9. The van der Waals surface area contributed by atoms with E-state index in [4.69, 9.17) is 14.0 Å². The van der Waals surface area contributed by atoms with Crippen LogP contribution < -0.4 is 0 Å². The van der Waals surface area contributed by atoms with E-state index in [1.54, 1.807) is 0 Å². The summed E-state index contributed by atoms with van der Waals surface area (Å²) < 4.78 is 37.0. The number of fused-ring (bicyclic) bond motifs is 2. The molecule has 2 aliphatic heterocycles. The summed E-state index contributed by atoms with van der Waals surface area (Å²) in [5.41, 5.74) is 0.373. The molecule has 0 amide bonds. The molecular formula is C29H46O6S. The van der Waals surface area contributed by atoms with E-state index in [0.29, 0.717) is 48.3 Å². The molecule has 2 spiro atoms. The highest BCUT2D eigenvalue weighted by Crippen LogP contribution is 2.73. The van der Waals surface area contributed by atoms with Crippen molar-refractivity contribution in [3.8, 4) is 0 Å². The molecule has 4 aliphatic carbocycles. The maximum absolute atomic E-state index is 11.4. The van der Waals surface area contributed by atoms with Crippen molar-refractivity contribution in [1.82, 2.24) is 0 Å². The number of hydrogen-bond donors (Lipinski definition) is 1. The van der Waals surface area contributed by atoms with Gasteiger partial charge in [0, 0.05) is 23.7 Å². The van der Waals surface area contributed by atoms with Crippen LogP contribution in [0.3, 0.4) is 0 Å². The molecule has 0 radical (unpaired) electrons. The Morgan fingerprint density at radius 1 is 1.03 bits per heavy atom. The van der Waals surface area contributed by atoms with E-state index in [1.807, 2.05) is 0 Å². The molecule has 204 valence electrons. The van der Waals surface area contributed by atoms with Crippen molar-refractivity contribution in [3.63, 3.8) is 0 Å². The third kappa shape index (κ3) is 3.82. The van der Waals surface area contributed by atoms with Crippen molar-refractivity contribution in [2.24, 2.45) is 46.3 Å². The van der Waals surface area contributed by atoms with Gasteiger partial charge >= 0.3 is 10.4 Å². The molecule has 6 aliphatic rings. The van der Waals surface area contributed by atoms with Crippen LogP contribution in [0.5, 0.6) is 0 Å². The zero-order chi connectivity index (χ0) is 26.3. The van der Waals surface area contributed by atoms with Crippen molar-refractivity contribution in [2.45, 2.75) is 111 Å². The Hall–Kier alpha value is -0.730. The maximum atomic E-state index is 11.4. The molecule has 3 saturated carbocycles. The minimum absolute atomic E-state index is 0.159. The molecule has 0 aromatic heterocycles. The van der Waals surface area contributed by atoms with Gasteiger partial charge < -0.3 is 0 Å². The van der Waals surface area contributed by atoms with E-state index in [2.05, 4.69) is 66.7 Å². The van der Waals surface area contributed by atoms with Crippen molar-refractivity contribution in [3.05, 3.63) is 23.8 Å². The fourth-order valence-corrected chi connectivity index (χ4v) is 9.96. The van der Waals surface area contributed by atoms with Crippen LogP contribution in [-0.4, -0.2) is 30.3 Å². The maximum Gasteiger partial charge on any atom is 0.397 e. The van der Waals surface area contributed by atoms with Crippen LogP contribution in [0.25, 0.3) is 0 Å². The number of rotatable bonds is 6. The first-order chi connectivity index (χ1) is 16.7. The quantitative estimate of drug-likeness (QED) is 0.238. The van der Waals surface area contributed by atoms with Crippen LogP contribution in [0, 0.1) is 46.3 Å². The highest BCUT2D eigenvalue weighted by Gasteiger charge is 2.74. The lowest BCUT2D eigenvalue weighted by atomic mass is 9.43. The third-order valence-corrected chi connectivity index (χ3v) is 12.3. The van der Waals surface area contributed by atoms with Crippen LogP contribution in [0.4, 0.5) is 0 Å². The first kappa shape index (κ1) is 26.9. The second-order valence-electron chi connectivity index (χ2n) is 13.7. The van der Waals surface area contributed by atoms with Gasteiger partial charge in [-0.05, 0) is 80.6 Å². The highest BCUT2D eigenvalue weighted by molar-refractivity contribution is 7.80. The summed E-state index contributed by atoms with van der Waals surface area (Å²) >= 11 is 0. The van der Waals surface area contributed by atoms with Crippen LogP contribution in [0.15, 0.2) is 23.8 Å². The van der Waals surface area contributed by atoms with Crippen molar-refractivity contribution in [2.75, 3.05) is 0 Å². The molecule has 6 nitrogen and oxygen atoms in total. The van der Waals surface area contributed by atoms with Gasteiger partial charge in [-0.15, -0.1) is 0 Å². The summed E-state index contributed by atoms with van der Waals surface area (Å²) in [6, 6.07) is 0. The fraction of sp³-hybridized carbons (Fsp3) is 0.862. The van der Waals surface area contributed by atoms with E-state index in [-0.39, 0.29) is 10.8 Å². The summed E-state index contributed by atoms with van der Waals surface area (Å²) in [5.74, 6) is 3.09. The Morgan fingerprint density at radius 2 is 1.75 bits per heavy atom. The number of hydrogen-bond acceptors (Lipinski definition) is 5. The predicted octanol–water partition coefficient (Wildman–Crippen LogP) is 6.69. The molecule has 10 atom stereocenters. The van der Waals surface area contributed by atoms with E-state index in [9.17, 15) is 13.0 Å². The van der Waals surface area contributed by atoms with Gasteiger partial charge in [0.05, 0.1) is 6.10 Å². The molecule has 6 rings (SSSR count). The van der Waals surface area contributed by atoms with Crippen molar-refractivity contribution in [1.29, 1.82) is 0 Å². The van der Waals surface area contributed by atoms with Gasteiger partial charge in [-0.2, -0.15) is 8.42 Å². The van der Waals surface area contributed by atoms with Crippen LogP contribution >= 0.6 is 0 Å². The highest BCUT2D eigenvalue weighted by atomic mass is 32.3. The first-order valence-corrected chi connectivity index (χ1v) is 15.5. The lowest BCUT2D eigenvalue weighted by Gasteiger charge is -2.69.